The van der Waals surface area contributed by atoms with E-state index in [1.54, 1.807) is 0 Å². The third-order valence-electron chi connectivity index (χ3n) is 4.03. The largest absolute Gasteiger partial charge is 0.381 e. The fourth-order valence-electron chi connectivity index (χ4n) is 2.94. The monoisotopic (exact) mass is 242 g/mol. The van der Waals surface area contributed by atoms with Crippen molar-refractivity contribution in [2.45, 2.75) is 52.1 Å². The Balaban J connectivity index is 2.45. The highest BCUT2D eigenvalue weighted by Gasteiger charge is 2.27. The normalized spacial score (nSPS) is 25.8. The Morgan fingerprint density at radius 1 is 1.29 bits per heavy atom. The van der Waals surface area contributed by atoms with E-state index in [2.05, 4.69) is 38.0 Å². The van der Waals surface area contributed by atoms with Gasteiger partial charge in [-0.2, -0.15) is 0 Å². The maximum atomic E-state index is 5.64. The van der Waals surface area contributed by atoms with Gasteiger partial charge in [-0.15, -0.1) is 0 Å². The highest BCUT2D eigenvalue weighted by atomic mass is 16.5. The summed E-state index contributed by atoms with van der Waals surface area (Å²) in [4.78, 5) is 2.52. The minimum Gasteiger partial charge on any atom is -0.381 e. The van der Waals surface area contributed by atoms with E-state index in [0.717, 1.165) is 38.8 Å². The van der Waals surface area contributed by atoms with Crippen molar-refractivity contribution >= 4 is 0 Å². The van der Waals surface area contributed by atoms with E-state index in [-0.39, 0.29) is 0 Å². The van der Waals surface area contributed by atoms with Crippen molar-refractivity contribution in [3.63, 3.8) is 0 Å². The van der Waals surface area contributed by atoms with E-state index in [1.807, 2.05) is 0 Å². The zero-order valence-electron chi connectivity index (χ0n) is 12.0. The Labute approximate surface area is 107 Å². The summed E-state index contributed by atoms with van der Waals surface area (Å²) in [6.45, 7) is 10.8. The molecule has 3 nitrogen and oxygen atoms in total. The Morgan fingerprint density at radius 2 is 2.00 bits per heavy atom. The number of nitrogens with one attached hydrogen (secondary N) is 1. The fraction of sp³-hybridized carbons (Fsp3) is 1.00. The van der Waals surface area contributed by atoms with Crippen molar-refractivity contribution in [3.05, 3.63) is 0 Å². The number of hydrogen-bond acceptors (Lipinski definition) is 3. The zero-order valence-corrected chi connectivity index (χ0v) is 12.0. The Morgan fingerprint density at radius 3 is 2.59 bits per heavy atom. The average Bonchev–Trinajstić information content (AvgIpc) is 2.33. The van der Waals surface area contributed by atoms with Crippen LogP contribution in [0.4, 0.5) is 0 Å². The Kier molecular flexibility index (Phi) is 7.09. The molecule has 1 saturated heterocycles. The van der Waals surface area contributed by atoms with Crippen LogP contribution in [0.15, 0.2) is 0 Å². The lowest BCUT2D eigenvalue weighted by Crippen LogP contribution is -2.48. The lowest BCUT2D eigenvalue weighted by molar-refractivity contribution is 0.0144. The molecule has 1 N–H and O–H groups in total. The maximum absolute atomic E-state index is 5.64. The van der Waals surface area contributed by atoms with Gasteiger partial charge >= 0.3 is 0 Å². The van der Waals surface area contributed by atoms with E-state index in [9.17, 15) is 0 Å². The van der Waals surface area contributed by atoms with E-state index in [4.69, 9.17) is 4.74 Å². The Hall–Kier alpha value is -0.120. The van der Waals surface area contributed by atoms with Gasteiger partial charge in [-0.1, -0.05) is 20.8 Å². The Bertz CT molecular complexity index is 193. The molecule has 0 saturated carbocycles. The highest BCUT2D eigenvalue weighted by Crippen LogP contribution is 2.18. The van der Waals surface area contributed by atoms with E-state index in [0.29, 0.717) is 12.0 Å². The van der Waals surface area contributed by atoms with Gasteiger partial charge in [-0.3, -0.25) is 0 Å². The molecule has 0 aliphatic carbocycles. The first-order chi connectivity index (χ1) is 8.22. The molecule has 1 heterocycles. The predicted octanol–water partition coefficient (Wildman–Crippen LogP) is 2.12. The van der Waals surface area contributed by atoms with Crippen LogP contribution in [0.3, 0.4) is 0 Å². The van der Waals surface area contributed by atoms with Crippen molar-refractivity contribution in [2.75, 3.05) is 33.4 Å². The van der Waals surface area contributed by atoms with Crippen LogP contribution in [0.2, 0.25) is 0 Å². The SMILES string of the molecule is CCNC1CCOCC1CN(C)C(CC)CC. The second-order valence-corrected chi connectivity index (χ2v) is 5.20. The summed E-state index contributed by atoms with van der Waals surface area (Å²) >= 11 is 0. The van der Waals surface area contributed by atoms with Gasteiger partial charge in [-0.05, 0) is 32.9 Å². The summed E-state index contributed by atoms with van der Waals surface area (Å²) < 4.78 is 5.64. The second-order valence-electron chi connectivity index (χ2n) is 5.20. The zero-order chi connectivity index (χ0) is 12.7. The van der Waals surface area contributed by atoms with Gasteiger partial charge in [0.1, 0.15) is 0 Å². The van der Waals surface area contributed by atoms with Crippen molar-refractivity contribution in [2.24, 2.45) is 5.92 Å². The summed E-state index contributed by atoms with van der Waals surface area (Å²) in [6.07, 6.45) is 3.65. The number of nitrogens with zero attached hydrogens (tertiary/aromatic N) is 1. The molecule has 102 valence electrons. The van der Waals surface area contributed by atoms with Crippen LogP contribution in [0.1, 0.15) is 40.0 Å². The molecule has 0 spiro atoms. The maximum Gasteiger partial charge on any atom is 0.0521 e. The third kappa shape index (κ3) is 4.57. The predicted molar refractivity (Wildman–Crippen MR) is 73.4 cm³/mol. The molecule has 1 aliphatic heterocycles. The van der Waals surface area contributed by atoms with Crippen LogP contribution in [-0.4, -0.2) is 50.3 Å². The molecule has 0 aromatic carbocycles. The topological polar surface area (TPSA) is 24.5 Å². The van der Waals surface area contributed by atoms with Gasteiger partial charge < -0.3 is 15.0 Å². The standard InChI is InChI=1S/C14H30N2O/c1-5-13(6-2)16(4)10-12-11-17-9-8-14(12)15-7-3/h12-15H,5-11H2,1-4H3. The van der Waals surface area contributed by atoms with Gasteiger partial charge in [0.25, 0.3) is 0 Å². The number of ether oxygens (including phenoxy) is 1. The van der Waals surface area contributed by atoms with E-state index in [1.165, 1.54) is 12.8 Å². The van der Waals surface area contributed by atoms with Gasteiger partial charge in [0, 0.05) is 31.2 Å². The summed E-state index contributed by atoms with van der Waals surface area (Å²) in [5.74, 6) is 0.647. The van der Waals surface area contributed by atoms with E-state index < -0.39 is 0 Å². The lowest BCUT2D eigenvalue weighted by atomic mass is 9.94. The van der Waals surface area contributed by atoms with Gasteiger partial charge in [0.15, 0.2) is 0 Å². The number of hydrogen-bond donors (Lipinski definition) is 1. The minimum atomic E-state index is 0.644. The first-order valence-corrected chi connectivity index (χ1v) is 7.24. The molecule has 1 fully saturated rings. The van der Waals surface area contributed by atoms with Crippen LogP contribution in [-0.2, 0) is 4.74 Å². The van der Waals surface area contributed by atoms with Gasteiger partial charge in [0.2, 0.25) is 0 Å². The van der Waals surface area contributed by atoms with Crippen LogP contribution >= 0.6 is 0 Å². The fourth-order valence-corrected chi connectivity index (χ4v) is 2.94. The molecule has 2 atom stereocenters. The van der Waals surface area contributed by atoms with E-state index >= 15 is 0 Å². The van der Waals surface area contributed by atoms with Gasteiger partial charge in [0.05, 0.1) is 6.61 Å². The molecule has 0 radical (unpaired) electrons. The first kappa shape index (κ1) is 14.9. The third-order valence-corrected chi connectivity index (χ3v) is 4.03. The van der Waals surface area contributed by atoms with Crippen LogP contribution in [0.25, 0.3) is 0 Å². The first-order valence-electron chi connectivity index (χ1n) is 7.24. The van der Waals surface area contributed by atoms with Crippen LogP contribution in [0, 0.1) is 5.92 Å². The molecular formula is C14H30N2O. The molecule has 0 aromatic rings. The van der Waals surface area contributed by atoms with Crippen molar-refractivity contribution in [3.8, 4) is 0 Å². The minimum absolute atomic E-state index is 0.644. The molecular weight excluding hydrogens is 212 g/mol. The lowest BCUT2D eigenvalue weighted by Gasteiger charge is -2.37. The van der Waals surface area contributed by atoms with Crippen molar-refractivity contribution in [1.82, 2.24) is 10.2 Å². The number of rotatable bonds is 7. The molecule has 0 bridgehead atoms. The summed E-state index contributed by atoms with van der Waals surface area (Å²) in [5.41, 5.74) is 0. The molecule has 3 heteroatoms. The van der Waals surface area contributed by atoms with Crippen LogP contribution < -0.4 is 5.32 Å². The van der Waals surface area contributed by atoms with Crippen LogP contribution in [0.5, 0.6) is 0 Å². The smallest absolute Gasteiger partial charge is 0.0521 e. The molecule has 0 aromatic heterocycles. The summed E-state index contributed by atoms with van der Waals surface area (Å²) in [7, 11) is 2.26. The molecule has 1 aliphatic rings. The molecule has 1 rings (SSSR count). The highest BCUT2D eigenvalue weighted by molar-refractivity contribution is 4.82. The summed E-state index contributed by atoms with van der Waals surface area (Å²) in [5, 5.41) is 3.61. The second kappa shape index (κ2) is 8.06. The molecule has 0 amide bonds. The van der Waals surface area contributed by atoms with Gasteiger partial charge in [-0.25, -0.2) is 0 Å². The average molecular weight is 242 g/mol. The molecule has 17 heavy (non-hydrogen) atoms. The van der Waals surface area contributed by atoms with Crippen molar-refractivity contribution < 1.29 is 4.74 Å². The quantitative estimate of drug-likeness (QED) is 0.740. The van der Waals surface area contributed by atoms with Crippen molar-refractivity contribution in [1.29, 1.82) is 0 Å². The summed E-state index contributed by atoms with van der Waals surface area (Å²) in [6, 6.07) is 1.37. The molecule has 2 unspecified atom stereocenters.